The normalized spacial score (nSPS) is 8.91. The van der Waals surface area contributed by atoms with E-state index < -0.39 is 0 Å². The van der Waals surface area contributed by atoms with Crippen molar-refractivity contribution in [1.29, 1.82) is 0 Å². The van der Waals surface area contributed by atoms with Crippen molar-refractivity contribution in [2.75, 3.05) is 0 Å². The van der Waals surface area contributed by atoms with E-state index in [1.165, 1.54) is 11.1 Å². The summed E-state index contributed by atoms with van der Waals surface area (Å²) in [6.07, 6.45) is 1.10. The van der Waals surface area contributed by atoms with Crippen molar-refractivity contribution in [2.24, 2.45) is 5.73 Å². The van der Waals surface area contributed by atoms with Gasteiger partial charge in [-0.15, -0.1) is 0 Å². The minimum absolute atomic E-state index is 0. The topological polar surface area (TPSA) is 26.0 Å². The zero-order valence-corrected chi connectivity index (χ0v) is 6.30. The second-order valence-corrected chi connectivity index (χ2v) is 2.37. The van der Waals surface area contributed by atoms with Crippen molar-refractivity contribution < 1.29 is 0 Å². The van der Waals surface area contributed by atoms with Crippen LogP contribution in [0.25, 0.3) is 0 Å². The van der Waals surface area contributed by atoms with Crippen LogP contribution in [0.2, 0.25) is 0 Å². The molecule has 62 valence electrons. The van der Waals surface area contributed by atoms with Gasteiger partial charge in [0.2, 0.25) is 0 Å². The molecule has 1 rings (SSSR count). The van der Waals surface area contributed by atoms with Gasteiger partial charge >= 0.3 is 0 Å². The minimum Gasteiger partial charge on any atom is -0.326 e. The number of hydrogen-bond donors (Lipinski definition) is 1. The van der Waals surface area contributed by atoms with Crippen LogP contribution >= 0.6 is 0 Å². The summed E-state index contributed by atoms with van der Waals surface area (Å²) in [6.45, 7) is 2.79. The van der Waals surface area contributed by atoms with E-state index in [0.717, 1.165) is 6.42 Å². The van der Waals surface area contributed by atoms with Crippen molar-refractivity contribution in [2.45, 2.75) is 27.3 Å². The fourth-order valence-electron chi connectivity index (χ4n) is 0.911. The Morgan fingerprint density at radius 1 is 1.09 bits per heavy atom. The van der Waals surface area contributed by atoms with Crippen LogP contribution in [0.15, 0.2) is 24.3 Å². The Hall–Kier alpha value is -0.820. The zero-order chi connectivity index (χ0) is 7.40. The van der Waals surface area contributed by atoms with Gasteiger partial charge in [0, 0.05) is 6.54 Å². The van der Waals surface area contributed by atoms with Crippen LogP contribution in [0, 0.1) is 0 Å². The van der Waals surface area contributed by atoms with Gasteiger partial charge in [0.25, 0.3) is 0 Å². The van der Waals surface area contributed by atoms with Crippen LogP contribution < -0.4 is 5.73 Å². The highest BCUT2D eigenvalue weighted by atomic mass is 14.5. The molecule has 0 unspecified atom stereocenters. The summed E-state index contributed by atoms with van der Waals surface area (Å²) >= 11 is 0. The first-order chi connectivity index (χ1) is 4.86. The fourth-order valence-corrected chi connectivity index (χ4v) is 0.911. The number of benzene rings is 1. The second kappa shape index (κ2) is 4.91. The van der Waals surface area contributed by atoms with E-state index in [2.05, 4.69) is 31.2 Å². The van der Waals surface area contributed by atoms with Crippen molar-refractivity contribution in [3.05, 3.63) is 35.4 Å². The third-order valence-corrected chi connectivity index (χ3v) is 1.67. The van der Waals surface area contributed by atoms with Gasteiger partial charge in [0.1, 0.15) is 0 Å². The lowest BCUT2D eigenvalue weighted by Gasteiger charge is -1.97. The van der Waals surface area contributed by atoms with Crippen LogP contribution in [0.5, 0.6) is 0 Å². The third kappa shape index (κ3) is 2.72. The maximum absolute atomic E-state index is 5.44. The molecule has 0 aromatic heterocycles. The average Bonchev–Trinajstić information content (AvgIpc) is 2.05. The Kier molecular flexibility index (Phi) is 4.55. The quantitative estimate of drug-likeness (QED) is 0.689. The molecule has 0 saturated heterocycles. The monoisotopic (exact) mass is 151 g/mol. The molecule has 0 aliphatic carbocycles. The van der Waals surface area contributed by atoms with Gasteiger partial charge in [-0.3, -0.25) is 0 Å². The van der Waals surface area contributed by atoms with E-state index in [0.29, 0.717) is 6.54 Å². The lowest BCUT2D eigenvalue weighted by atomic mass is 10.1. The van der Waals surface area contributed by atoms with E-state index in [-0.39, 0.29) is 7.43 Å². The molecule has 0 spiro atoms. The first-order valence-corrected chi connectivity index (χ1v) is 3.64. The smallest absolute Gasteiger partial charge is 0.0178 e. The van der Waals surface area contributed by atoms with Crippen LogP contribution in [0.4, 0.5) is 0 Å². The maximum Gasteiger partial charge on any atom is 0.0178 e. The third-order valence-electron chi connectivity index (χ3n) is 1.67. The largest absolute Gasteiger partial charge is 0.326 e. The lowest BCUT2D eigenvalue weighted by molar-refractivity contribution is 1.06. The van der Waals surface area contributed by atoms with Gasteiger partial charge in [-0.25, -0.2) is 0 Å². The van der Waals surface area contributed by atoms with E-state index >= 15 is 0 Å². The Bertz CT molecular complexity index is 166. The molecule has 0 aliphatic heterocycles. The molecule has 0 heterocycles. The summed E-state index contributed by atoms with van der Waals surface area (Å²) in [4.78, 5) is 0. The average molecular weight is 151 g/mol. The Balaban J connectivity index is 0.000001000. The highest BCUT2D eigenvalue weighted by molar-refractivity contribution is 5.21. The van der Waals surface area contributed by atoms with Gasteiger partial charge in [0.05, 0.1) is 0 Å². The second-order valence-electron chi connectivity index (χ2n) is 2.37. The summed E-state index contributed by atoms with van der Waals surface area (Å²) in [5, 5.41) is 0. The highest BCUT2D eigenvalue weighted by Gasteiger charge is 1.88. The van der Waals surface area contributed by atoms with Gasteiger partial charge in [-0.05, 0) is 17.5 Å². The van der Waals surface area contributed by atoms with Crippen LogP contribution in [-0.2, 0) is 13.0 Å². The summed E-state index contributed by atoms with van der Waals surface area (Å²) in [7, 11) is 0. The van der Waals surface area contributed by atoms with Crippen LogP contribution in [-0.4, -0.2) is 0 Å². The number of aryl methyl sites for hydroxylation is 1. The number of rotatable bonds is 2. The van der Waals surface area contributed by atoms with Crippen molar-refractivity contribution in [1.82, 2.24) is 0 Å². The van der Waals surface area contributed by atoms with Crippen LogP contribution in [0.1, 0.15) is 25.5 Å². The molecule has 0 radical (unpaired) electrons. The van der Waals surface area contributed by atoms with E-state index in [4.69, 9.17) is 5.73 Å². The molecule has 1 nitrogen and oxygen atoms in total. The number of nitrogens with two attached hydrogens (primary N) is 1. The summed E-state index contributed by atoms with van der Waals surface area (Å²) < 4.78 is 0. The molecular formula is C10H17N. The minimum atomic E-state index is 0. The fraction of sp³-hybridized carbons (Fsp3) is 0.400. The molecule has 0 saturated carbocycles. The SMILES string of the molecule is C.CCc1ccc(CN)cc1. The lowest BCUT2D eigenvalue weighted by Crippen LogP contribution is -1.95. The Morgan fingerprint density at radius 2 is 1.55 bits per heavy atom. The Morgan fingerprint density at radius 3 is 1.91 bits per heavy atom. The number of hydrogen-bond acceptors (Lipinski definition) is 1. The van der Waals surface area contributed by atoms with Gasteiger partial charge < -0.3 is 5.73 Å². The Labute approximate surface area is 69.2 Å². The van der Waals surface area contributed by atoms with E-state index in [1.807, 2.05) is 0 Å². The molecule has 0 fully saturated rings. The summed E-state index contributed by atoms with van der Waals surface area (Å²) in [5.41, 5.74) is 8.02. The highest BCUT2D eigenvalue weighted by Crippen LogP contribution is 2.03. The maximum atomic E-state index is 5.44. The van der Waals surface area contributed by atoms with Gasteiger partial charge in [0.15, 0.2) is 0 Å². The molecule has 0 amide bonds. The predicted octanol–water partition coefficient (Wildman–Crippen LogP) is 2.34. The standard InChI is InChI=1S/C9H13N.CH4/c1-2-8-3-5-9(7-10)6-4-8;/h3-6H,2,7,10H2,1H3;1H4. The molecule has 1 aromatic carbocycles. The molecule has 1 aromatic rings. The van der Waals surface area contributed by atoms with Crippen LogP contribution in [0.3, 0.4) is 0 Å². The van der Waals surface area contributed by atoms with Gasteiger partial charge in [-0.1, -0.05) is 38.6 Å². The molecular weight excluding hydrogens is 134 g/mol. The molecule has 11 heavy (non-hydrogen) atoms. The molecule has 2 N–H and O–H groups in total. The zero-order valence-electron chi connectivity index (χ0n) is 6.30. The van der Waals surface area contributed by atoms with Gasteiger partial charge in [-0.2, -0.15) is 0 Å². The first kappa shape index (κ1) is 10.2. The van der Waals surface area contributed by atoms with Crippen molar-refractivity contribution in [3.8, 4) is 0 Å². The predicted molar refractivity (Wildman–Crippen MR) is 50.4 cm³/mol. The van der Waals surface area contributed by atoms with E-state index in [9.17, 15) is 0 Å². The molecule has 0 bridgehead atoms. The van der Waals surface area contributed by atoms with E-state index in [1.54, 1.807) is 0 Å². The first-order valence-electron chi connectivity index (χ1n) is 3.64. The molecule has 0 atom stereocenters. The molecule has 0 aliphatic rings. The molecule has 1 heteroatoms. The summed E-state index contributed by atoms with van der Waals surface area (Å²) in [5.74, 6) is 0. The van der Waals surface area contributed by atoms with Crippen molar-refractivity contribution >= 4 is 0 Å². The van der Waals surface area contributed by atoms with Crippen molar-refractivity contribution in [3.63, 3.8) is 0 Å². The summed E-state index contributed by atoms with van der Waals surface area (Å²) in [6, 6.07) is 8.42.